The van der Waals surface area contributed by atoms with Gasteiger partial charge in [-0.15, -0.1) is 0 Å². The minimum atomic E-state index is -1.82. The standard InChI is InChI=1S/C18H27FN2.C2H2O4/c19-17-7-5-16(6-8-17)15-20-13-9-18(10-14-20)21-11-3-1-2-4-12-21;3-1(4)2(5)6/h5-8,18H,1-4,9-15H2;(H,3,4)(H,5,6). The molecule has 0 spiro atoms. The Morgan fingerprint density at radius 2 is 1.41 bits per heavy atom. The van der Waals surface area contributed by atoms with Gasteiger partial charge >= 0.3 is 11.9 Å². The number of hydrogen-bond donors (Lipinski definition) is 2. The molecule has 1 aromatic carbocycles. The maximum Gasteiger partial charge on any atom is 0.414 e. The topological polar surface area (TPSA) is 81.1 Å². The van der Waals surface area contributed by atoms with Gasteiger partial charge in [0.05, 0.1) is 0 Å². The Bertz CT molecular complexity index is 581. The lowest BCUT2D eigenvalue weighted by molar-refractivity contribution is -0.159. The van der Waals surface area contributed by atoms with Gasteiger partial charge in [-0.25, -0.2) is 14.0 Å². The minimum Gasteiger partial charge on any atom is -0.473 e. The molecule has 0 bridgehead atoms. The number of piperidine rings is 1. The van der Waals surface area contributed by atoms with Crippen molar-refractivity contribution in [2.45, 2.75) is 51.1 Å². The van der Waals surface area contributed by atoms with Crippen LogP contribution in [-0.4, -0.2) is 64.2 Å². The Hall–Kier alpha value is -1.99. The molecule has 2 heterocycles. The van der Waals surface area contributed by atoms with E-state index >= 15 is 0 Å². The minimum absolute atomic E-state index is 0.140. The number of benzene rings is 1. The average molecular weight is 380 g/mol. The fourth-order valence-corrected chi connectivity index (χ4v) is 3.75. The number of carboxylic acid groups (broad SMARTS) is 2. The van der Waals surface area contributed by atoms with Gasteiger partial charge in [0.25, 0.3) is 0 Å². The summed E-state index contributed by atoms with van der Waals surface area (Å²) in [7, 11) is 0. The quantitative estimate of drug-likeness (QED) is 0.785. The number of rotatable bonds is 3. The van der Waals surface area contributed by atoms with E-state index in [2.05, 4.69) is 9.80 Å². The van der Waals surface area contributed by atoms with E-state index in [4.69, 9.17) is 19.8 Å². The van der Waals surface area contributed by atoms with Crippen molar-refractivity contribution < 1.29 is 24.2 Å². The van der Waals surface area contributed by atoms with Crippen LogP contribution >= 0.6 is 0 Å². The van der Waals surface area contributed by atoms with Crippen molar-refractivity contribution in [3.8, 4) is 0 Å². The van der Waals surface area contributed by atoms with Crippen molar-refractivity contribution in [3.63, 3.8) is 0 Å². The Balaban J connectivity index is 0.000000380. The van der Waals surface area contributed by atoms with E-state index in [-0.39, 0.29) is 5.82 Å². The second-order valence-corrected chi connectivity index (χ2v) is 7.19. The Labute approximate surface area is 159 Å². The van der Waals surface area contributed by atoms with Crippen molar-refractivity contribution in [1.82, 2.24) is 9.80 Å². The number of nitrogens with zero attached hydrogens (tertiary/aromatic N) is 2. The molecule has 1 aromatic rings. The van der Waals surface area contributed by atoms with Crippen molar-refractivity contribution in [1.29, 1.82) is 0 Å². The molecule has 2 aliphatic heterocycles. The summed E-state index contributed by atoms with van der Waals surface area (Å²) < 4.78 is 12.9. The fourth-order valence-electron chi connectivity index (χ4n) is 3.75. The largest absolute Gasteiger partial charge is 0.473 e. The van der Waals surface area contributed by atoms with Crippen LogP contribution in [0.1, 0.15) is 44.1 Å². The van der Waals surface area contributed by atoms with Gasteiger partial charge < -0.3 is 15.1 Å². The highest BCUT2D eigenvalue weighted by Crippen LogP contribution is 2.21. The fraction of sp³-hybridized carbons (Fsp3) is 0.600. The molecule has 2 aliphatic rings. The van der Waals surface area contributed by atoms with Gasteiger partial charge in [0.2, 0.25) is 0 Å². The number of likely N-dealkylation sites (tertiary alicyclic amines) is 2. The van der Waals surface area contributed by atoms with Crippen LogP contribution in [0.25, 0.3) is 0 Å². The van der Waals surface area contributed by atoms with Gasteiger partial charge in [0.15, 0.2) is 0 Å². The average Bonchev–Trinajstić information content (AvgIpc) is 2.94. The zero-order valence-corrected chi connectivity index (χ0v) is 15.6. The summed E-state index contributed by atoms with van der Waals surface area (Å²) in [5, 5.41) is 14.8. The molecule has 3 rings (SSSR count). The maximum absolute atomic E-state index is 12.9. The van der Waals surface area contributed by atoms with Gasteiger partial charge in [-0.05, 0) is 69.6 Å². The number of hydrogen-bond acceptors (Lipinski definition) is 4. The lowest BCUT2D eigenvalue weighted by Gasteiger charge is -2.38. The summed E-state index contributed by atoms with van der Waals surface area (Å²) in [6.07, 6.45) is 8.19. The third-order valence-corrected chi connectivity index (χ3v) is 5.22. The summed E-state index contributed by atoms with van der Waals surface area (Å²) in [5.41, 5.74) is 1.23. The molecule has 2 N–H and O–H groups in total. The SMILES string of the molecule is Fc1ccc(CN2CCC(N3CCCCCC3)CC2)cc1.O=C(O)C(=O)O. The predicted octanol–water partition coefficient (Wildman–Crippen LogP) is 2.82. The summed E-state index contributed by atoms with van der Waals surface area (Å²) in [6.45, 7) is 5.94. The zero-order chi connectivity index (χ0) is 19.6. The molecule has 6 nitrogen and oxygen atoms in total. The summed E-state index contributed by atoms with van der Waals surface area (Å²) in [6, 6.07) is 7.76. The first-order valence-electron chi connectivity index (χ1n) is 9.63. The van der Waals surface area contributed by atoms with Gasteiger partial charge in [-0.1, -0.05) is 25.0 Å². The first kappa shape index (κ1) is 21.3. The molecule has 0 atom stereocenters. The molecule has 0 aliphatic carbocycles. The lowest BCUT2D eigenvalue weighted by atomic mass is 10.0. The molecule has 0 amide bonds. The molecule has 0 unspecified atom stereocenters. The van der Waals surface area contributed by atoms with E-state index in [0.717, 1.165) is 12.6 Å². The van der Waals surface area contributed by atoms with E-state index in [0.29, 0.717) is 0 Å². The highest BCUT2D eigenvalue weighted by atomic mass is 19.1. The Morgan fingerprint density at radius 3 is 1.89 bits per heavy atom. The molecule has 150 valence electrons. The second kappa shape index (κ2) is 11.0. The number of carbonyl (C=O) groups is 2. The third kappa shape index (κ3) is 7.64. The zero-order valence-electron chi connectivity index (χ0n) is 15.6. The van der Waals surface area contributed by atoms with E-state index in [1.807, 2.05) is 12.1 Å². The molecule has 0 saturated carbocycles. The maximum atomic E-state index is 12.9. The van der Waals surface area contributed by atoms with Gasteiger partial charge in [-0.3, -0.25) is 4.90 Å². The molecule has 0 aromatic heterocycles. The van der Waals surface area contributed by atoms with Crippen molar-refractivity contribution in [2.24, 2.45) is 0 Å². The van der Waals surface area contributed by atoms with Crippen LogP contribution in [0.5, 0.6) is 0 Å². The normalized spacial score (nSPS) is 19.6. The van der Waals surface area contributed by atoms with Crippen molar-refractivity contribution in [3.05, 3.63) is 35.6 Å². The molecule has 0 radical (unpaired) electrons. The van der Waals surface area contributed by atoms with E-state index in [1.54, 1.807) is 12.1 Å². The van der Waals surface area contributed by atoms with E-state index < -0.39 is 11.9 Å². The molecule has 2 fully saturated rings. The molecule has 7 heteroatoms. The van der Waals surface area contributed by atoms with Crippen LogP contribution in [0.15, 0.2) is 24.3 Å². The summed E-state index contributed by atoms with van der Waals surface area (Å²) >= 11 is 0. The Morgan fingerprint density at radius 1 is 0.889 bits per heavy atom. The van der Waals surface area contributed by atoms with Crippen LogP contribution in [-0.2, 0) is 16.1 Å². The molecule has 2 saturated heterocycles. The van der Waals surface area contributed by atoms with E-state index in [1.165, 1.54) is 70.3 Å². The van der Waals surface area contributed by atoms with Crippen molar-refractivity contribution in [2.75, 3.05) is 26.2 Å². The number of carboxylic acids is 2. The van der Waals surface area contributed by atoms with Crippen LogP contribution < -0.4 is 0 Å². The van der Waals surface area contributed by atoms with Crippen LogP contribution in [0, 0.1) is 5.82 Å². The molecule has 27 heavy (non-hydrogen) atoms. The Kier molecular flexibility index (Phi) is 8.67. The first-order valence-corrected chi connectivity index (χ1v) is 9.63. The van der Waals surface area contributed by atoms with Gasteiger partial charge in [-0.2, -0.15) is 0 Å². The highest BCUT2D eigenvalue weighted by molar-refractivity contribution is 6.27. The van der Waals surface area contributed by atoms with Gasteiger partial charge in [0.1, 0.15) is 5.82 Å². The lowest BCUT2D eigenvalue weighted by Crippen LogP contribution is -2.45. The summed E-state index contributed by atoms with van der Waals surface area (Å²) in [5.74, 6) is -3.79. The highest BCUT2D eigenvalue weighted by Gasteiger charge is 2.24. The van der Waals surface area contributed by atoms with Crippen LogP contribution in [0.2, 0.25) is 0 Å². The predicted molar refractivity (Wildman–Crippen MR) is 100 cm³/mol. The number of halogens is 1. The second-order valence-electron chi connectivity index (χ2n) is 7.19. The smallest absolute Gasteiger partial charge is 0.414 e. The first-order chi connectivity index (χ1) is 13.0. The van der Waals surface area contributed by atoms with Crippen LogP contribution in [0.4, 0.5) is 4.39 Å². The monoisotopic (exact) mass is 380 g/mol. The molecular weight excluding hydrogens is 351 g/mol. The van der Waals surface area contributed by atoms with Crippen molar-refractivity contribution >= 4 is 11.9 Å². The third-order valence-electron chi connectivity index (χ3n) is 5.22. The molecular formula is C20H29FN2O4. The van der Waals surface area contributed by atoms with Gasteiger partial charge in [0, 0.05) is 12.6 Å². The van der Waals surface area contributed by atoms with E-state index in [9.17, 15) is 4.39 Å². The van der Waals surface area contributed by atoms with Crippen LogP contribution in [0.3, 0.4) is 0 Å². The number of aliphatic carboxylic acids is 2. The summed E-state index contributed by atoms with van der Waals surface area (Å²) in [4.78, 5) is 23.5.